The maximum atomic E-state index is 11.5. The van der Waals surface area contributed by atoms with Crippen LogP contribution >= 0.6 is 11.3 Å². The zero-order valence-electron chi connectivity index (χ0n) is 8.52. The molecule has 1 amide bonds. The molecule has 0 fully saturated rings. The summed E-state index contributed by atoms with van der Waals surface area (Å²) < 4.78 is 0. The largest absolute Gasteiger partial charge is 0.325 e. The van der Waals surface area contributed by atoms with Crippen molar-refractivity contribution in [3.05, 3.63) is 44.2 Å². The van der Waals surface area contributed by atoms with E-state index in [1.54, 1.807) is 11.6 Å². The summed E-state index contributed by atoms with van der Waals surface area (Å²) in [7, 11) is 0. The second-order valence-electron chi connectivity index (χ2n) is 3.18. The van der Waals surface area contributed by atoms with Crippen LogP contribution in [0.2, 0.25) is 0 Å². The smallest absolute Gasteiger partial charge is 0.311 e. The van der Waals surface area contributed by atoms with Crippen molar-refractivity contribution in [3.63, 3.8) is 0 Å². The third kappa shape index (κ3) is 3.11. The Hall–Kier alpha value is -2.22. The number of nitrogens with one attached hydrogen (secondary N) is 3. The van der Waals surface area contributed by atoms with E-state index in [1.165, 1.54) is 17.4 Å². The van der Waals surface area contributed by atoms with Gasteiger partial charge in [0.15, 0.2) is 5.13 Å². The monoisotopic (exact) mass is 252 g/mol. The number of thiazole rings is 1. The summed E-state index contributed by atoms with van der Waals surface area (Å²) in [5, 5.41) is 4.74. The normalized spacial score (nSPS) is 10.1. The number of carbonyl (C=O) groups is 1. The molecule has 0 aromatic carbocycles. The predicted octanol–water partition coefficient (Wildman–Crippen LogP) is -0.299. The standard InChI is InChI=1S/C9H8N4O3S/c14-6-3-5(11-8(16)12-6)4-7(15)13-9-10-1-2-17-9/h1-3H,4H2,(H,10,13,15)(H2,11,12,14,16). The van der Waals surface area contributed by atoms with Crippen molar-refractivity contribution in [2.45, 2.75) is 6.42 Å². The molecule has 0 saturated carbocycles. The fourth-order valence-corrected chi connectivity index (χ4v) is 1.78. The van der Waals surface area contributed by atoms with Gasteiger partial charge < -0.3 is 10.3 Å². The van der Waals surface area contributed by atoms with Gasteiger partial charge in [-0.2, -0.15) is 0 Å². The molecule has 0 bridgehead atoms. The molecule has 0 aliphatic carbocycles. The van der Waals surface area contributed by atoms with E-state index in [0.717, 1.165) is 0 Å². The molecule has 2 aromatic rings. The molecule has 2 heterocycles. The van der Waals surface area contributed by atoms with Crippen LogP contribution in [0.3, 0.4) is 0 Å². The number of H-pyrrole nitrogens is 2. The molecule has 8 heteroatoms. The van der Waals surface area contributed by atoms with E-state index in [1.807, 2.05) is 4.98 Å². The van der Waals surface area contributed by atoms with Crippen molar-refractivity contribution in [1.29, 1.82) is 0 Å². The first-order valence-corrected chi connectivity index (χ1v) is 5.53. The second-order valence-corrected chi connectivity index (χ2v) is 4.07. The van der Waals surface area contributed by atoms with Crippen LogP contribution in [-0.4, -0.2) is 20.9 Å². The van der Waals surface area contributed by atoms with Crippen LogP contribution < -0.4 is 16.6 Å². The summed E-state index contributed by atoms with van der Waals surface area (Å²) in [4.78, 5) is 41.7. The third-order valence-corrected chi connectivity index (χ3v) is 2.53. The van der Waals surface area contributed by atoms with E-state index in [-0.39, 0.29) is 18.0 Å². The summed E-state index contributed by atoms with van der Waals surface area (Å²) in [6.07, 6.45) is 1.48. The number of amides is 1. The molecule has 2 rings (SSSR count). The van der Waals surface area contributed by atoms with Crippen LogP contribution in [0.5, 0.6) is 0 Å². The van der Waals surface area contributed by atoms with Crippen molar-refractivity contribution >= 4 is 22.4 Å². The molecule has 7 nitrogen and oxygen atoms in total. The topological polar surface area (TPSA) is 108 Å². The third-order valence-electron chi connectivity index (χ3n) is 1.85. The Balaban J connectivity index is 2.08. The van der Waals surface area contributed by atoms with Crippen molar-refractivity contribution in [2.24, 2.45) is 0 Å². The summed E-state index contributed by atoms with van der Waals surface area (Å²) in [6.45, 7) is 0. The van der Waals surface area contributed by atoms with Crippen molar-refractivity contribution in [2.75, 3.05) is 5.32 Å². The van der Waals surface area contributed by atoms with Gasteiger partial charge in [-0.1, -0.05) is 0 Å². The minimum absolute atomic E-state index is 0.0846. The SMILES string of the molecule is O=C(Cc1cc(=O)[nH]c(=O)[nH]1)Nc1nccs1. The molecule has 0 aliphatic rings. The summed E-state index contributed by atoms with van der Waals surface area (Å²) in [6, 6.07) is 1.17. The minimum atomic E-state index is -0.630. The molecule has 17 heavy (non-hydrogen) atoms. The number of carbonyl (C=O) groups excluding carboxylic acids is 1. The maximum absolute atomic E-state index is 11.5. The van der Waals surface area contributed by atoms with Gasteiger partial charge in [-0.05, 0) is 0 Å². The maximum Gasteiger partial charge on any atom is 0.325 e. The number of hydrogen-bond acceptors (Lipinski definition) is 5. The van der Waals surface area contributed by atoms with Gasteiger partial charge in [0.05, 0.1) is 6.42 Å². The van der Waals surface area contributed by atoms with Crippen LogP contribution in [0, 0.1) is 0 Å². The Morgan fingerprint density at radius 2 is 2.24 bits per heavy atom. The molecule has 88 valence electrons. The molecule has 0 saturated heterocycles. The first-order valence-electron chi connectivity index (χ1n) is 4.65. The second kappa shape index (κ2) is 4.74. The summed E-state index contributed by atoms with van der Waals surface area (Å²) in [5.74, 6) is -0.346. The van der Waals surface area contributed by atoms with Crippen LogP contribution in [0.25, 0.3) is 0 Å². The van der Waals surface area contributed by atoms with E-state index in [9.17, 15) is 14.4 Å². The fourth-order valence-electron chi connectivity index (χ4n) is 1.24. The number of nitrogens with zero attached hydrogens (tertiary/aromatic N) is 1. The Morgan fingerprint density at radius 1 is 1.41 bits per heavy atom. The highest BCUT2D eigenvalue weighted by molar-refractivity contribution is 7.13. The zero-order chi connectivity index (χ0) is 12.3. The Morgan fingerprint density at radius 3 is 2.88 bits per heavy atom. The first kappa shape index (κ1) is 11.3. The van der Waals surface area contributed by atoms with Crippen LogP contribution in [0.4, 0.5) is 5.13 Å². The van der Waals surface area contributed by atoms with Gasteiger partial charge in [0, 0.05) is 23.3 Å². The molecule has 0 aliphatic heterocycles. The zero-order valence-corrected chi connectivity index (χ0v) is 9.34. The number of rotatable bonds is 3. The predicted molar refractivity (Wildman–Crippen MR) is 62.1 cm³/mol. The van der Waals surface area contributed by atoms with Crippen molar-refractivity contribution in [3.8, 4) is 0 Å². The van der Waals surface area contributed by atoms with Gasteiger partial charge in [-0.3, -0.25) is 14.6 Å². The van der Waals surface area contributed by atoms with Gasteiger partial charge in [0.2, 0.25) is 5.91 Å². The minimum Gasteiger partial charge on any atom is -0.311 e. The number of hydrogen-bond donors (Lipinski definition) is 3. The lowest BCUT2D eigenvalue weighted by Crippen LogP contribution is -2.25. The quantitative estimate of drug-likeness (QED) is 0.697. The lowest BCUT2D eigenvalue weighted by molar-refractivity contribution is -0.115. The Bertz CT molecular complexity index is 600. The molecule has 0 atom stereocenters. The van der Waals surface area contributed by atoms with E-state index in [2.05, 4.69) is 15.3 Å². The van der Waals surface area contributed by atoms with E-state index < -0.39 is 11.2 Å². The first-order chi connectivity index (χ1) is 8.13. The molecule has 2 aromatic heterocycles. The van der Waals surface area contributed by atoms with Crippen LogP contribution in [0.1, 0.15) is 5.69 Å². The van der Waals surface area contributed by atoms with E-state index in [4.69, 9.17) is 0 Å². The van der Waals surface area contributed by atoms with Gasteiger partial charge in [-0.25, -0.2) is 9.78 Å². The lowest BCUT2D eigenvalue weighted by Gasteiger charge is -2.00. The molecule has 0 spiro atoms. The van der Waals surface area contributed by atoms with Gasteiger partial charge in [0.25, 0.3) is 5.56 Å². The highest BCUT2D eigenvalue weighted by Gasteiger charge is 2.06. The van der Waals surface area contributed by atoms with Crippen molar-refractivity contribution < 1.29 is 4.79 Å². The van der Waals surface area contributed by atoms with Crippen LogP contribution in [0.15, 0.2) is 27.2 Å². The Labute approximate surface area is 98.6 Å². The molecular weight excluding hydrogens is 244 g/mol. The Kier molecular flexibility index (Phi) is 3.15. The van der Waals surface area contributed by atoms with Crippen LogP contribution in [-0.2, 0) is 11.2 Å². The molecule has 3 N–H and O–H groups in total. The summed E-state index contributed by atoms with van der Waals surface area (Å²) >= 11 is 1.29. The van der Waals surface area contributed by atoms with Crippen molar-refractivity contribution in [1.82, 2.24) is 15.0 Å². The number of anilines is 1. The molecular formula is C9H8N4O3S. The highest BCUT2D eigenvalue weighted by atomic mass is 32.1. The molecule has 0 unspecified atom stereocenters. The average molecular weight is 252 g/mol. The fraction of sp³-hybridized carbons (Fsp3) is 0.111. The lowest BCUT2D eigenvalue weighted by atomic mass is 10.3. The summed E-state index contributed by atoms with van der Waals surface area (Å²) in [5.41, 5.74) is -0.909. The average Bonchev–Trinajstić information content (AvgIpc) is 2.67. The van der Waals surface area contributed by atoms with E-state index in [0.29, 0.717) is 5.13 Å². The van der Waals surface area contributed by atoms with Gasteiger partial charge in [0.1, 0.15) is 0 Å². The number of aromatic nitrogens is 3. The van der Waals surface area contributed by atoms with Gasteiger partial charge in [-0.15, -0.1) is 11.3 Å². The number of aromatic amines is 2. The van der Waals surface area contributed by atoms with Gasteiger partial charge >= 0.3 is 5.69 Å². The highest BCUT2D eigenvalue weighted by Crippen LogP contribution is 2.10. The molecule has 0 radical (unpaired) electrons. The van der Waals surface area contributed by atoms with E-state index >= 15 is 0 Å².